The lowest BCUT2D eigenvalue weighted by Crippen LogP contribution is -2.37. The average molecular weight is 271 g/mol. The number of rotatable bonds is 3. The minimum atomic E-state index is -0.0940. The molecule has 0 aliphatic carbocycles. The maximum Gasteiger partial charge on any atom is 0.252 e. The van der Waals surface area contributed by atoms with Crippen LogP contribution in [0.25, 0.3) is 0 Å². The Morgan fingerprint density at radius 3 is 2.87 bits per heavy atom. The molecule has 0 aromatic heterocycles. The predicted octanol–water partition coefficient (Wildman–Crippen LogP) is 1.83. The van der Waals surface area contributed by atoms with Gasteiger partial charge in [-0.25, -0.2) is 0 Å². The van der Waals surface area contributed by atoms with Crippen molar-refractivity contribution >= 4 is 21.8 Å². The summed E-state index contributed by atoms with van der Waals surface area (Å²) >= 11 is 3.40. The molecule has 3 nitrogen and oxygen atoms in total. The second-order valence-electron chi connectivity index (χ2n) is 3.55. The van der Waals surface area contributed by atoms with Crippen LogP contribution < -0.4 is 11.1 Å². The second-order valence-corrected chi connectivity index (χ2v) is 4.34. The fourth-order valence-corrected chi connectivity index (χ4v) is 1.63. The smallest absolute Gasteiger partial charge is 0.252 e. The second kappa shape index (κ2) is 5.28. The number of nitrogens with two attached hydrogens (primary N) is 1. The molecule has 1 aromatic rings. The van der Waals surface area contributed by atoms with E-state index in [2.05, 4.69) is 21.2 Å². The SMILES string of the molecule is Cc1cccc(C(=O)NC(C)CN)c1Br. The zero-order chi connectivity index (χ0) is 11.4. The van der Waals surface area contributed by atoms with Crippen LogP contribution in [0.3, 0.4) is 0 Å². The third-order valence-corrected chi connectivity index (χ3v) is 3.22. The molecule has 0 bridgehead atoms. The average Bonchev–Trinajstić information content (AvgIpc) is 2.21. The number of carbonyl (C=O) groups excluding carboxylic acids is 1. The molecule has 82 valence electrons. The quantitative estimate of drug-likeness (QED) is 0.881. The lowest BCUT2D eigenvalue weighted by Gasteiger charge is -2.12. The predicted molar refractivity (Wildman–Crippen MR) is 64.9 cm³/mol. The van der Waals surface area contributed by atoms with E-state index in [1.165, 1.54) is 0 Å². The van der Waals surface area contributed by atoms with Gasteiger partial charge in [-0.3, -0.25) is 4.79 Å². The molecule has 0 fully saturated rings. The Hall–Kier alpha value is -0.870. The minimum absolute atomic E-state index is 0.00934. The van der Waals surface area contributed by atoms with Gasteiger partial charge in [0.05, 0.1) is 5.56 Å². The van der Waals surface area contributed by atoms with Crippen molar-refractivity contribution < 1.29 is 4.79 Å². The molecule has 0 saturated carbocycles. The molecule has 0 radical (unpaired) electrons. The molecule has 15 heavy (non-hydrogen) atoms. The lowest BCUT2D eigenvalue weighted by molar-refractivity contribution is 0.0940. The van der Waals surface area contributed by atoms with Crippen LogP contribution >= 0.6 is 15.9 Å². The number of hydrogen-bond donors (Lipinski definition) is 2. The number of aryl methyl sites for hydroxylation is 1. The fraction of sp³-hybridized carbons (Fsp3) is 0.364. The number of hydrogen-bond acceptors (Lipinski definition) is 2. The Balaban J connectivity index is 2.87. The fourth-order valence-electron chi connectivity index (χ4n) is 1.18. The standard InChI is InChI=1S/C11H15BrN2O/c1-7-4-3-5-9(10(7)12)11(15)14-8(2)6-13/h3-5,8H,6,13H2,1-2H3,(H,14,15). The van der Waals surface area contributed by atoms with Crippen LogP contribution in [0, 0.1) is 6.92 Å². The maximum absolute atomic E-state index is 11.8. The summed E-state index contributed by atoms with van der Waals surface area (Å²) in [6, 6.07) is 5.59. The van der Waals surface area contributed by atoms with Crippen LogP contribution in [0.5, 0.6) is 0 Å². The van der Waals surface area contributed by atoms with E-state index >= 15 is 0 Å². The van der Waals surface area contributed by atoms with Gasteiger partial charge >= 0.3 is 0 Å². The Kier molecular flexibility index (Phi) is 4.29. The summed E-state index contributed by atoms with van der Waals surface area (Å²) in [4.78, 5) is 11.8. The van der Waals surface area contributed by atoms with Crippen LogP contribution in [-0.2, 0) is 0 Å². The van der Waals surface area contributed by atoms with Crippen LogP contribution in [0.15, 0.2) is 22.7 Å². The van der Waals surface area contributed by atoms with Gasteiger partial charge in [0.25, 0.3) is 5.91 Å². The van der Waals surface area contributed by atoms with Crippen LogP contribution in [0.4, 0.5) is 0 Å². The number of benzene rings is 1. The van der Waals surface area contributed by atoms with Crippen LogP contribution in [0.2, 0.25) is 0 Å². The Labute approximate surface area is 98.2 Å². The van der Waals surface area contributed by atoms with E-state index < -0.39 is 0 Å². The van der Waals surface area contributed by atoms with E-state index in [0.717, 1.165) is 10.0 Å². The lowest BCUT2D eigenvalue weighted by atomic mass is 10.1. The van der Waals surface area contributed by atoms with Crippen LogP contribution in [-0.4, -0.2) is 18.5 Å². The molecule has 1 rings (SSSR count). The highest BCUT2D eigenvalue weighted by Crippen LogP contribution is 2.20. The first kappa shape index (κ1) is 12.2. The first-order chi connectivity index (χ1) is 7.06. The zero-order valence-electron chi connectivity index (χ0n) is 8.88. The Morgan fingerprint density at radius 1 is 1.60 bits per heavy atom. The monoisotopic (exact) mass is 270 g/mol. The van der Waals surface area contributed by atoms with Crippen molar-refractivity contribution in [3.8, 4) is 0 Å². The first-order valence-corrected chi connectivity index (χ1v) is 5.61. The van der Waals surface area contributed by atoms with Gasteiger partial charge in [0.15, 0.2) is 0 Å². The van der Waals surface area contributed by atoms with E-state index in [9.17, 15) is 4.79 Å². The van der Waals surface area contributed by atoms with E-state index in [0.29, 0.717) is 12.1 Å². The highest BCUT2D eigenvalue weighted by Gasteiger charge is 2.12. The molecular weight excluding hydrogens is 256 g/mol. The normalized spacial score (nSPS) is 12.3. The van der Waals surface area contributed by atoms with Gasteiger partial charge in [-0.2, -0.15) is 0 Å². The van der Waals surface area contributed by atoms with Crippen LogP contribution in [0.1, 0.15) is 22.8 Å². The molecule has 1 atom stereocenters. The van der Waals surface area contributed by atoms with Gasteiger partial charge in [-0.15, -0.1) is 0 Å². The highest BCUT2D eigenvalue weighted by atomic mass is 79.9. The van der Waals surface area contributed by atoms with Crippen molar-refractivity contribution in [2.75, 3.05) is 6.54 Å². The Bertz CT molecular complexity index is 366. The molecule has 1 unspecified atom stereocenters. The third kappa shape index (κ3) is 3.04. The zero-order valence-corrected chi connectivity index (χ0v) is 10.5. The topological polar surface area (TPSA) is 55.1 Å². The van der Waals surface area contributed by atoms with E-state index in [1.54, 1.807) is 6.07 Å². The number of halogens is 1. The van der Waals surface area contributed by atoms with E-state index in [-0.39, 0.29) is 11.9 Å². The Morgan fingerprint density at radius 2 is 2.27 bits per heavy atom. The van der Waals surface area contributed by atoms with E-state index in [1.807, 2.05) is 26.0 Å². The van der Waals surface area contributed by atoms with Crippen molar-refractivity contribution in [2.45, 2.75) is 19.9 Å². The summed E-state index contributed by atoms with van der Waals surface area (Å²) in [6.07, 6.45) is 0. The highest BCUT2D eigenvalue weighted by molar-refractivity contribution is 9.10. The van der Waals surface area contributed by atoms with Gasteiger partial charge in [-0.05, 0) is 41.4 Å². The van der Waals surface area contributed by atoms with Crippen molar-refractivity contribution in [1.29, 1.82) is 0 Å². The molecule has 0 spiro atoms. The molecule has 0 aliphatic rings. The van der Waals surface area contributed by atoms with Gasteiger partial charge in [0.2, 0.25) is 0 Å². The molecule has 0 heterocycles. The summed E-state index contributed by atoms with van der Waals surface area (Å²) in [5.74, 6) is -0.0940. The summed E-state index contributed by atoms with van der Waals surface area (Å²) in [5.41, 5.74) is 7.13. The van der Waals surface area contributed by atoms with Crippen molar-refractivity contribution in [3.63, 3.8) is 0 Å². The molecule has 1 aromatic carbocycles. The van der Waals surface area contributed by atoms with Gasteiger partial charge in [-0.1, -0.05) is 12.1 Å². The van der Waals surface area contributed by atoms with Crippen molar-refractivity contribution in [1.82, 2.24) is 5.32 Å². The van der Waals surface area contributed by atoms with E-state index in [4.69, 9.17) is 5.73 Å². The third-order valence-electron chi connectivity index (χ3n) is 2.17. The van der Waals surface area contributed by atoms with Crippen molar-refractivity contribution in [2.24, 2.45) is 5.73 Å². The summed E-state index contributed by atoms with van der Waals surface area (Å²) in [6.45, 7) is 4.27. The maximum atomic E-state index is 11.8. The summed E-state index contributed by atoms with van der Waals surface area (Å²) in [5, 5.41) is 2.82. The van der Waals surface area contributed by atoms with Gasteiger partial charge in [0.1, 0.15) is 0 Å². The summed E-state index contributed by atoms with van der Waals surface area (Å²) < 4.78 is 0.840. The molecule has 1 amide bonds. The molecule has 0 aliphatic heterocycles. The minimum Gasteiger partial charge on any atom is -0.348 e. The first-order valence-electron chi connectivity index (χ1n) is 4.82. The van der Waals surface area contributed by atoms with Gasteiger partial charge in [0, 0.05) is 17.1 Å². The molecule has 3 N–H and O–H groups in total. The molecule has 4 heteroatoms. The number of carbonyl (C=O) groups is 1. The molecule has 0 saturated heterocycles. The summed E-state index contributed by atoms with van der Waals surface area (Å²) in [7, 11) is 0. The van der Waals surface area contributed by atoms with Gasteiger partial charge < -0.3 is 11.1 Å². The number of nitrogens with one attached hydrogen (secondary N) is 1. The number of amides is 1. The van der Waals surface area contributed by atoms with Crippen molar-refractivity contribution in [3.05, 3.63) is 33.8 Å². The molecular formula is C11H15BrN2O. The largest absolute Gasteiger partial charge is 0.348 e.